The van der Waals surface area contributed by atoms with Gasteiger partial charge in [0, 0.05) is 12.8 Å². The molecule has 0 amide bonds. The normalized spacial score (nSPS) is 20.7. The van der Waals surface area contributed by atoms with Gasteiger partial charge >= 0.3 is 0 Å². The summed E-state index contributed by atoms with van der Waals surface area (Å²) in [7, 11) is 0. The zero-order valence-corrected chi connectivity index (χ0v) is 8.39. The van der Waals surface area contributed by atoms with Crippen molar-refractivity contribution in [1.82, 2.24) is 4.57 Å². The number of pyridine rings is 1. The van der Waals surface area contributed by atoms with Gasteiger partial charge in [-0.25, -0.2) is 0 Å². The standard InChI is InChI=1S/C10H14N2O3/c11-9-2-1-4-12(10(9)13)7-15-8-3-5-14-6-8/h1-2,4,8H,3,5-7,11H2. The summed E-state index contributed by atoms with van der Waals surface area (Å²) < 4.78 is 12.1. The predicted octanol–water partition coefficient (Wildman–Crippen LogP) is 0.194. The lowest BCUT2D eigenvalue weighted by atomic mass is 10.3. The SMILES string of the molecule is Nc1cccn(COC2CCOC2)c1=O. The van der Waals surface area contributed by atoms with E-state index in [9.17, 15) is 4.79 Å². The summed E-state index contributed by atoms with van der Waals surface area (Å²) in [5.74, 6) is 0. The minimum Gasteiger partial charge on any atom is -0.394 e. The summed E-state index contributed by atoms with van der Waals surface area (Å²) in [5.41, 5.74) is 5.52. The third-order valence-electron chi connectivity index (χ3n) is 2.39. The number of anilines is 1. The molecule has 1 aromatic rings. The highest BCUT2D eigenvalue weighted by molar-refractivity contribution is 5.33. The monoisotopic (exact) mass is 210 g/mol. The van der Waals surface area contributed by atoms with E-state index in [2.05, 4.69) is 0 Å². The zero-order valence-electron chi connectivity index (χ0n) is 8.39. The van der Waals surface area contributed by atoms with E-state index in [1.54, 1.807) is 18.3 Å². The molecule has 15 heavy (non-hydrogen) atoms. The molecule has 0 aliphatic carbocycles. The Labute approximate surface area is 87.4 Å². The summed E-state index contributed by atoms with van der Waals surface area (Å²) in [4.78, 5) is 11.5. The van der Waals surface area contributed by atoms with E-state index in [4.69, 9.17) is 15.2 Å². The molecule has 1 aliphatic heterocycles. The maximum Gasteiger partial charge on any atom is 0.275 e. The Morgan fingerprint density at radius 2 is 2.53 bits per heavy atom. The first-order chi connectivity index (χ1) is 7.27. The lowest BCUT2D eigenvalue weighted by molar-refractivity contribution is 0.000540. The van der Waals surface area contributed by atoms with Gasteiger partial charge in [-0.1, -0.05) is 0 Å². The van der Waals surface area contributed by atoms with Crippen molar-refractivity contribution in [3.63, 3.8) is 0 Å². The van der Waals surface area contributed by atoms with Crippen molar-refractivity contribution in [2.75, 3.05) is 18.9 Å². The van der Waals surface area contributed by atoms with E-state index in [0.29, 0.717) is 6.61 Å². The average molecular weight is 210 g/mol. The van der Waals surface area contributed by atoms with E-state index in [-0.39, 0.29) is 24.1 Å². The number of ether oxygens (including phenoxy) is 2. The first-order valence-corrected chi connectivity index (χ1v) is 4.91. The van der Waals surface area contributed by atoms with E-state index in [1.807, 2.05) is 0 Å². The predicted molar refractivity (Wildman–Crippen MR) is 55.4 cm³/mol. The second-order valence-corrected chi connectivity index (χ2v) is 3.52. The molecule has 1 aromatic heterocycles. The molecular formula is C10H14N2O3. The fraction of sp³-hybridized carbons (Fsp3) is 0.500. The fourth-order valence-corrected chi connectivity index (χ4v) is 1.49. The second-order valence-electron chi connectivity index (χ2n) is 3.52. The van der Waals surface area contributed by atoms with Crippen molar-refractivity contribution in [1.29, 1.82) is 0 Å². The van der Waals surface area contributed by atoms with Crippen molar-refractivity contribution in [3.8, 4) is 0 Å². The zero-order chi connectivity index (χ0) is 10.7. The highest BCUT2D eigenvalue weighted by atomic mass is 16.5. The molecule has 2 rings (SSSR count). The molecule has 1 aliphatic rings. The van der Waals surface area contributed by atoms with Crippen LogP contribution in [0.4, 0.5) is 5.69 Å². The van der Waals surface area contributed by atoms with Gasteiger partial charge < -0.3 is 15.2 Å². The molecule has 0 saturated carbocycles. The number of rotatable bonds is 3. The third kappa shape index (κ3) is 2.37. The van der Waals surface area contributed by atoms with Gasteiger partial charge in [-0.15, -0.1) is 0 Å². The summed E-state index contributed by atoms with van der Waals surface area (Å²) in [5, 5.41) is 0. The van der Waals surface area contributed by atoms with Gasteiger partial charge in [0.1, 0.15) is 6.73 Å². The highest BCUT2D eigenvalue weighted by Crippen LogP contribution is 2.08. The van der Waals surface area contributed by atoms with Crippen LogP contribution in [0.5, 0.6) is 0 Å². The van der Waals surface area contributed by atoms with E-state index in [1.165, 1.54) is 4.57 Å². The van der Waals surface area contributed by atoms with Crippen molar-refractivity contribution in [2.24, 2.45) is 0 Å². The van der Waals surface area contributed by atoms with Crippen molar-refractivity contribution < 1.29 is 9.47 Å². The molecule has 0 aromatic carbocycles. The maximum absolute atomic E-state index is 11.5. The number of hydrogen-bond donors (Lipinski definition) is 1. The molecule has 0 spiro atoms. The fourth-order valence-electron chi connectivity index (χ4n) is 1.49. The minimum absolute atomic E-state index is 0.0957. The van der Waals surface area contributed by atoms with Crippen LogP contribution in [0, 0.1) is 0 Å². The second kappa shape index (κ2) is 4.46. The van der Waals surface area contributed by atoms with Crippen molar-refractivity contribution in [2.45, 2.75) is 19.3 Å². The first-order valence-electron chi connectivity index (χ1n) is 4.91. The molecule has 1 unspecified atom stereocenters. The molecular weight excluding hydrogens is 196 g/mol. The molecule has 1 saturated heterocycles. The lowest BCUT2D eigenvalue weighted by Crippen LogP contribution is -2.25. The molecule has 0 radical (unpaired) electrons. The van der Waals surface area contributed by atoms with Gasteiger partial charge in [0.15, 0.2) is 0 Å². The number of nitrogen functional groups attached to an aromatic ring is 1. The summed E-state index contributed by atoms with van der Waals surface area (Å²) >= 11 is 0. The Bertz CT molecular complexity index is 382. The Hall–Kier alpha value is -1.33. The van der Waals surface area contributed by atoms with E-state index < -0.39 is 0 Å². The van der Waals surface area contributed by atoms with Gasteiger partial charge in [0.25, 0.3) is 5.56 Å². The van der Waals surface area contributed by atoms with Crippen LogP contribution in [0.2, 0.25) is 0 Å². The summed E-state index contributed by atoms with van der Waals surface area (Å²) in [6.07, 6.45) is 2.64. The molecule has 2 heterocycles. The van der Waals surface area contributed by atoms with Crippen molar-refractivity contribution in [3.05, 3.63) is 28.7 Å². The molecule has 1 fully saturated rings. The van der Waals surface area contributed by atoms with E-state index >= 15 is 0 Å². The quantitative estimate of drug-likeness (QED) is 0.773. The first kappa shape index (κ1) is 10.2. The smallest absolute Gasteiger partial charge is 0.275 e. The van der Waals surface area contributed by atoms with Gasteiger partial charge in [0.2, 0.25) is 0 Å². The van der Waals surface area contributed by atoms with Crippen LogP contribution in [0.25, 0.3) is 0 Å². The molecule has 5 heteroatoms. The van der Waals surface area contributed by atoms with Gasteiger partial charge in [-0.05, 0) is 18.6 Å². The summed E-state index contributed by atoms with van der Waals surface area (Å²) in [6.45, 7) is 1.57. The lowest BCUT2D eigenvalue weighted by Gasteiger charge is -2.11. The third-order valence-corrected chi connectivity index (χ3v) is 2.39. The van der Waals surface area contributed by atoms with E-state index in [0.717, 1.165) is 13.0 Å². The number of nitrogens with zero attached hydrogens (tertiary/aromatic N) is 1. The Balaban J connectivity index is 1.98. The number of nitrogens with two attached hydrogens (primary N) is 1. The van der Waals surface area contributed by atoms with Crippen LogP contribution in [-0.4, -0.2) is 23.9 Å². The van der Waals surface area contributed by atoms with Crippen molar-refractivity contribution >= 4 is 5.69 Å². The van der Waals surface area contributed by atoms with Crippen LogP contribution in [-0.2, 0) is 16.2 Å². The molecule has 0 bridgehead atoms. The average Bonchev–Trinajstić information content (AvgIpc) is 2.73. The van der Waals surface area contributed by atoms with Gasteiger partial charge in [-0.3, -0.25) is 9.36 Å². The summed E-state index contributed by atoms with van der Waals surface area (Å²) in [6, 6.07) is 3.31. The largest absolute Gasteiger partial charge is 0.394 e. The topological polar surface area (TPSA) is 66.5 Å². The molecule has 2 N–H and O–H groups in total. The number of hydrogen-bond acceptors (Lipinski definition) is 4. The molecule has 5 nitrogen and oxygen atoms in total. The van der Waals surface area contributed by atoms with Crippen LogP contribution >= 0.6 is 0 Å². The van der Waals surface area contributed by atoms with Gasteiger partial charge in [0.05, 0.1) is 18.4 Å². The van der Waals surface area contributed by atoms with Crippen LogP contribution in [0.15, 0.2) is 23.1 Å². The van der Waals surface area contributed by atoms with Crippen LogP contribution in [0.3, 0.4) is 0 Å². The molecule has 82 valence electrons. The highest BCUT2D eigenvalue weighted by Gasteiger charge is 2.15. The maximum atomic E-state index is 11.5. The Kier molecular flexibility index (Phi) is 3.03. The minimum atomic E-state index is -0.212. The van der Waals surface area contributed by atoms with Gasteiger partial charge in [-0.2, -0.15) is 0 Å². The number of aromatic nitrogens is 1. The molecule has 1 atom stereocenters. The van der Waals surface area contributed by atoms with Crippen LogP contribution in [0.1, 0.15) is 6.42 Å². The Morgan fingerprint density at radius 1 is 1.67 bits per heavy atom. The van der Waals surface area contributed by atoms with Crippen LogP contribution < -0.4 is 11.3 Å². The Morgan fingerprint density at radius 3 is 3.27 bits per heavy atom.